The molecular formula is C11H13BrN4O3S. The van der Waals surface area contributed by atoms with Gasteiger partial charge in [0.2, 0.25) is 15.9 Å². The van der Waals surface area contributed by atoms with Crippen LogP contribution in [0.1, 0.15) is 6.42 Å². The van der Waals surface area contributed by atoms with Crippen LogP contribution in [0.2, 0.25) is 0 Å². The molecule has 1 amide bonds. The van der Waals surface area contributed by atoms with E-state index in [-0.39, 0.29) is 18.9 Å². The number of amides is 1. The third-order valence-electron chi connectivity index (χ3n) is 2.47. The van der Waals surface area contributed by atoms with Crippen molar-refractivity contribution in [1.82, 2.24) is 14.3 Å². The van der Waals surface area contributed by atoms with E-state index in [2.05, 4.69) is 31.1 Å². The molecule has 0 aliphatic heterocycles. The summed E-state index contributed by atoms with van der Waals surface area (Å²) in [6.45, 7) is 0.0697. The first-order chi connectivity index (χ1) is 9.35. The first kappa shape index (κ1) is 14.9. The number of aromatic nitrogens is 2. The van der Waals surface area contributed by atoms with Crippen LogP contribution in [0.4, 0.5) is 5.69 Å². The van der Waals surface area contributed by atoms with Gasteiger partial charge in [-0.25, -0.2) is 17.7 Å². The highest BCUT2D eigenvalue weighted by Gasteiger charge is 2.07. The molecule has 0 aliphatic rings. The number of fused-ring (bicyclic) bond motifs is 1. The summed E-state index contributed by atoms with van der Waals surface area (Å²) in [4.78, 5) is 11.7. The molecule has 0 saturated heterocycles. The molecule has 2 aromatic rings. The molecule has 20 heavy (non-hydrogen) atoms. The second kappa shape index (κ2) is 5.90. The van der Waals surface area contributed by atoms with Crippen molar-refractivity contribution in [3.05, 3.63) is 29.0 Å². The fourth-order valence-electron chi connectivity index (χ4n) is 1.60. The number of rotatable bonds is 5. The van der Waals surface area contributed by atoms with E-state index in [4.69, 9.17) is 0 Å². The summed E-state index contributed by atoms with van der Waals surface area (Å²) in [6, 6.07) is 3.57. The van der Waals surface area contributed by atoms with Gasteiger partial charge in [0.15, 0.2) is 0 Å². The number of pyridine rings is 1. The van der Waals surface area contributed by atoms with Gasteiger partial charge >= 0.3 is 0 Å². The maximum atomic E-state index is 11.7. The van der Waals surface area contributed by atoms with Crippen LogP contribution in [0.15, 0.2) is 29.0 Å². The number of nitrogens with one attached hydrogen (secondary N) is 2. The summed E-state index contributed by atoms with van der Waals surface area (Å²) in [6.07, 6.45) is 4.46. The number of carbonyl (C=O) groups is 1. The zero-order valence-electron chi connectivity index (χ0n) is 10.6. The van der Waals surface area contributed by atoms with E-state index >= 15 is 0 Å². The van der Waals surface area contributed by atoms with E-state index in [9.17, 15) is 13.2 Å². The molecule has 108 valence electrons. The molecule has 2 N–H and O–H groups in total. The third kappa shape index (κ3) is 4.02. The van der Waals surface area contributed by atoms with Gasteiger partial charge in [-0.2, -0.15) is 5.10 Å². The van der Waals surface area contributed by atoms with Gasteiger partial charge in [-0.3, -0.25) is 4.79 Å². The Morgan fingerprint density at radius 1 is 1.45 bits per heavy atom. The fraction of sp³-hybridized carbons (Fsp3) is 0.273. The smallest absolute Gasteiger partial charge is 0.225 e. The maximum absolute atomic E-state index is 11.7. The maximum Gasteiger partial charge on any atom is 0.225 e. The Hall–Kier alpha value is -1.45. The number of carbonyl (C=O) groups excluding carboxylic acids is 1. The molecule has 0 aliphatic carbocycles. The minimum Gasteiger partial charge on any atom is -0.325 e. The lowest BCUT2D eigenvalue weighted by Crippen LogP contribution is -2.26. The molecule has 0 unspecified atom stereocenters. The zero-order chi connectivity index (χ0) is 14.8. The van der Waals surface area contributed by atoms with E-state index in [1.165, 1.54) is 0 Å². The highest BCUT2D eigenvalue weighted by atomic mass is 79.9. The predicted octanol–water partition coefficient (Wildman–Crippen LogP) is 0.975. The van der Waals surface area contributed by atoms with Crippen molar-refractivity contribution in [2.45, 2.75) is 6.42 Å². The molecule has 2 aromatic heterocycles. The fourth-order valence-corrected chi connectivity index (χ4v) is 2.48. The Morgan fingerprint density at radius 2 is 2.20 bits per heavy atom. The molecule has 0 saturated carbocycles. The second-order valence-electron chi connectivity index (χ2n) is 4.20. The van der Waals surface area contributed by atoms with Crippen molar-refractivity contribution in [2.24, 2.45) is 0 Å². The first-order valence-electron chi connectivity index (χ1n) is 5.72. The quantitative estimate of drug-likeness (QED) is 0.830. The van der Waals surface area contributed by atoms with Crippen LogP contribution in [0.5, 0.6) is 0 Å². The highest BCUT2D eigenvalue weighted by Crippen LogP contribution is 2.19. The van der Waals surface area contributed by atoms with Gasteiger partial charge in [0, 0.05) is 13.0 Å². The summed E-state index contributed by atoms with van der Waals surface area (Å²) in [5.74, 6) is -0.272. The van der Waals surface area contributed by atoms with E-state index < -0.39 is 10.0 Å². The lowest BCUT2D eigenvalue weighted by atomic mass is 10.3. The van der Waals surface area contributed by atoms with Crippen LogP contribution < -0.4 is 10.0 Å². The van der Waals surface area contributed by atoms with E-state index in [0.717, 1.165) is 16.2 Å². The number of hydrogen-bond acceptors (Lipinski definition) is 4. The minimum absolute atomic E-state index is 0.0634. The number of halogens is 1. The molecule has 9 heteroatoms. The Morgan fingerprint density at radius 3 is 2.90 bits per heavy atom. The van der Waals surface area contributed by atoms with Gasteiger partial charge in [0.05, 0.1) is 34.3 Å². The molecule has 2 heterocycles. The molecule has 0 spiro atoms. The lowest BCUT2D eigenvalue weighted by Gasteiger charge is -2.06. The van der Waals surface area contributed by atoms with Crippen LogP contribution in [0.3, 0.4) is 0 Å². The summed E-state index contributed by atoms with van der Waals surface area (Å²) < 4.78 is 26.5. The molecule has 7 nitrogen and oxygen atoms in total. The monoisotopic (exact) mass is 360 g/mol. The van der Waals surface area contributed by atoms with Gasteiger partial charge < -0.3 is 5.32 Å². The van der Waals surface area contributed by atoms with Gasteiger partial charge in [-0.05, 0) is 28.1 Å². The largest absolute Gasteiger partial charge is 0.325 e. The molecule has 0 aromatic carbocycles. The van der Waals surface area contributed by atoms with Crippen LogP contribution in [0.25, 0.3) is 5.52 Å². The number of anilines is 1. The minimum atomic E-state index is -3.27. The topological polar surface area (TPSA) is 92.6 Å². The van der Waals surface area contributed by atoms with Crippen molar-refractivity contribution in [3.8, 4) is 0 Å². The molecule has 0 radical (unpaired) electrons. The standard InChI is InChI=1S/C11H13BrN4O3S/c1-20(18,19)14-5-4-11(17)15-8-2-3-10-9(12)6-13-16(10)7-8/h2-3,6-7,14H,4-5H2,1H3,(H,15,17). The van der Waals surface area contributed by atoms with E-state index in [1.807, 2.05) is 6.07 Å². The first-order valence-corrected chi connectivity index (χ1v) is 8.41. The van der Waals surface area contributed by atoms with E-state index in [0.29, 0.717) is 5.69 Å². The Bertz CT molecular complexity index is 741. The van der Waals surface area contributed by atoms with Gasteiger partial charge in [0.25, 0.3) is 0 Å². The summed E-state index contributed by atoms with van der Waals surface area (Å²) in [5.41, 5.74) is 1.49. The van der Waals surface area contributed by atoms with Crippen molar-refractivity contribution < 1.29 is 13.2 Å². The Labute approximate surface area is 124 Å². The molecular weight excluding hydrogens is 348 g/mol. The summed E-state index contributed by atoms with van der Waals surface area (Å²) >= 11 is 3.36. The van der Waals surface area contributed by atoms with E-state index in [1.54, 1.807) is 23.0 Å². The van der Waals surface area contributed by atoms with Gasteiger partial charge in [-0.15, -0.1) is 0 Å². The second-order valence-corrected chi connectivity index (χ2v) is 6.89. The Kier molecular flexibility index (Phi) is 4.41. The van der Waals surface area contributed by atoms with Crippen molar-refractivity contribution in [1.29, 1.82) is 0 Å². The van der Waals surface area contributed by atoms with Crippen LogP contribution in [0, 0.1) is 0 Å². The summed E-state index contributed by atoms with van der Waals surface area (Å²) in [5, 5.41) is 6.79. The molecule has 0 bridgehead atoms. The average Bonchev–Trinajstić information content (AvgIpc) is 2.69. The van der Waals surface area contributed by atoms with Crippen molar-refractivity contribution in [3.63, 3.8) is 0 Å². The van der Waals surface area contributed by atoms with Crippen molar-refractivity contribution in [2.75, 3.05) is 18.1 Å². The van der Waals surface area contributed by atoms with Crippen LogP contribution >= 0.6 is 15.9 Å². The lowest BCUT2D eigenvalue weighted by molar-refractivity contribution is -0.116. The molecule has 0 atom stereocenters. The average molecular weight is 361 g/mol. The third-order valence-corrected chi connectivity index (χ3v) is 3.81. The number of sulfonamides is 1. The number of nitrogens with zero attached hydrogens (tertiary/aromatic N) is 2. The van der Waals surface area contributed by atoms with Gasteiger partial charge in [0.1, 0.15) is 0 Å². The van der Waals surface area contributed by atoms with Crippen LogP contribution in [-0.4, -0.2) is 36.7 Å². The van der Waals surface area contributed by atoms with Crippen LogP contribution in [-0.2, 0) is 14.8 Å². The van der Waals surface area contributed by atoms with Gasteiger partial charge in [-0.1, -0.05) is 0 Å². The zero-order valence-corrected chi connectivity index (χ0v) is 13.0. The predicted molar refractivity (Wildman–Crippen MR) is 79.0 cm³/mol. The molecule has 0 fully saturated rings. The SMILES string of the molecule is CS(=O)(=O)NCCC(=O)Nc1ccc2c(Br)cnn2c1. The number of hydrogen-bond donors (Lipinski definition) is 2. The Balaban J connectivity index is 1.96. The molecule has 2 rings (SSSR count). The summed E-state index contributed by atoms with van der Waals surface area (Å²) in [7, 11) is -3.27. The highest BCUT2D eigenvalue weighted by molar-refractivity contribution is 9.10. The van der Waals surface area contributed by atoms with Crippen molar-refractivity contribution >= 4 is 43.1 Å². The normalized spacial score (nSPS) is 11.7.